The predicted octanol–water partition coefficient (Wildman–Crippen LogP) is 2.48. The number of hydrogen-bond acceptors (Lipinski definition) is 2. The van der Waals surface area contributed by atoms with Gasteiger partial charge in [0.2, 0.25) is 5.91 Å². The number of rotatable bonds is 4. The number of carbonyl (C=O) groups excluding carboxylic acids is 1. The summed E-state index contributed by atoms with van der Waals surface area (Å²) in [6, 6.07) is 0. The van der Waals surface area contributed by atoms with Gasteiger partial charge in [0.05, 0.1) is 6.42 Å². The highest BCUT2D eigenvalue weighted by Gasteiger charge is 2.42. The average Bonchev–Trinajstić information content (AvgIpc) is 2.29. The zero-order chi connectivity index (χ0) is 14.7. The lowest BCUT2D eigenvalue weighted by Gasteiger charge is -2.36. The Morgan fingerprint density at radius 2 is 1.84 bits per heavy atom. The molecular formula is C12H18F3NO3. The van der Waals surface area contributed by atoms with Crippen LogP contribution < -0.4 is 5.32 Å². The summed E-state index contributed by atoms with van der Waals surface area (Å²) in [6.45, 7) is 1.98. The van der Waals surface area contributed by atoms with E-state index >= 15 is 0 Å². The van der Waals surface area contributed by atoms with Gasteiger partial charge in [-0.25, -0.2) is 4.79 Å². The van der Waals surface area contributed by atoms with E-state index < -0.39 is 36.4 Å². The van der Waals surface area contributed by atoms with Gasteiger partial charge >= 0.3 is 12.1 Å². The van der Waals surface area contributed by atoms with Crippen LogP contribution in [0.3, 0.4) is 0 Å². The molecule has 0 unspecified atom stereocenters. The average molecular weight is 281 g/mol. The summed E-state index contributed by atoms with van der Waals surface area (Å²) in [6.07, 6.45) is -4.55. The Labute approximate surface area is 109 Å². The van der Waals surface area contributed by atoms with Crippen LogP contribution in [0.15, 0.2) is 0 Å². The molecular weight excluding hydrogens is 263 g/mol. The molecule has 0 radical (unpaired) electrons. The lowest BCUT2D eigenvalue weighted by molar-refractivity contribution is -0.152. The third-order valence-electron chi connectivity index (χ3n) is 3.55. The summed E-state index contributed by atoms with van der Waals surface area (Å²) < 4.78 is 36.0. The number of halogens is 3. The van der Waals surface area contributed by atoms with Gasteiger partial charge in [-0.1, -0.05) is 6.92 Å². The van der Waals surface area contributed by atoms with E-state index in [1.165, 1.54) is 0 Å². The molecule has 2 N–H and O–H groups in total. The molecule has 0 saturated heterocycles. The minimum Gasteiger partial charge on any atom is -0.480 e. The smallest absolute Gasteiger partial charge is 0.389 e. The first kappa shape index (κ1) is 15.8. The molecule has 0 aromatic rings. The van der Waals surface area contributed by atoms with Crippen LogP contribution in [0.25, 0.3) is 0 Å². The van der Waals surface area contributed by atoms with Crippen LogP contribution in [0.4, 0.5) is 13.2 Å². The van der Waals surface area contributed by atoms with E-state index in [-0.39, 0.29) is 12.8 Å². The summed E-state index contributed by atoms with van der Waals surface area (Å²) in [5.74, 6) is -1.64. The first-order valence-electron chi connectivity index (χ1n) is 6.26. The van der Waals surface area contributed by atoms with Crippen molar-refractivity contribution < 1.29 is 27.9 Å². The van der Waals surface area contributed by atoms with Gasteiger partial charge in [-0.3, -0.25) is 4.79 Å². The molecule has 1 aliphatic carbocycles. The van der Waals surface area contributed by atoms with E-state index in [1.54, 1.807) is 0 Å². The van der Waals surface area contributed by atoms with Crippen LogP contribution >= 0.6 is 0 Å². The van der Waals surface area contributed by atoms with Crippen LogP contribution in [0, 0.1) is 5.92 Å². The number of aliphatic carboxylic acids is 1. The third kappa shape index (κ3) is 4.72. The Hall–Kier alpha value is -1.27. The highest BCUT2D eigenvalue weighted by Crippen LogP contribution is 2.32. The Bertz CT molecular complexity index is 347. The quantitative estimate of drug-likeness (QED) is 0.832. The zero-order valence-electron chi connectivity index (χ0n) is 10.7. The molecule has 0 bridgehead atoms. The molecule has 1 amide bonds. The maximum absolute atomic E-state index is 12.0. The molecule has 110 valence electrons. The molecule has 0 aromatic carbocycles. The summed E-state index contributed by atoms with van der Waals surface area (Å²) >= 11 is 0. The summed E-state index contributed by atoms with van der Waals surface area (Å²) in [5.41, 5.74) is -1.39. The Morgan fingerprint density at radius 1 is 1.32 bits per heavy atom. The summed E-state index contributed by atoms with van der Waals surface area (Å²) in [7, 11) is 0. The minimum absolute atomic E-state index is 0.265. The fraction of sp³-hybridized carbons (Fsp3) is 0.833. The van der Waals surface area contributed by atoms with Crippen LogP contribution in [0.1, 0.15) is 45.4 Å². The van der Waals surface area contributed by atoms with E-state index in [0.717, 1.165) is 0 Å². The van der Waals surface area contributed by atoms with E-state index in [1.807, 2.05) is 6.92 Å². The highest BCUT2D eigenvalue weighted by atomic mass is 19.4. The Balaban J connectivity index is 2.59. The van der Waals surface area contributed by atoms with Gasteiger partial charge in [-0.05, 0) is 31.6 Å². The van der Waals surface area contributed by atoms with Crippen LogP contribution in [-0.2, 0) is 9.59 Å². The Kier molecular flexibility index (Phi) is 4.81. The lowest BCUT2D eigenvalue weighted by atomic mass is 9.77. The highest BCUT2D eigenvalue weighted by molar-refractivity contribution is 5.87. The largest absolute Gasteiger partial charge is 0.480 e. The fourth-order valence-corrected chi connectivity index (χ4v) is 2.23. The van der Waals surface area contributed by atoms with Crippen molar-refractivity contribution >= 4 is 11.9 Å². The van der Waals surface area contributed by atoms with E-state index in [0.29, 0.717) is 18.8 Å². The lowest BCUT2D eigenvalue weighted by Crippen LogP contribution is -2.56. The van der Waals surface area contributed by atoms with Crippen LogP contribution in [0.5, 0.6) is 0 Å². The fourth-order valence-electron chi connectivity index (χ4n) is 2.23. The van der Waals surface area contributed by atoms with Crippen LogP contribution in [-0.4, -0.2) is 28.7 Å². The van der Waals surface area contributed by atoms with Gasteiger partial charge in [-0.2, -0.15) is 13.2 Å². The SMILES string of the molecule is CC1CCC(NC(=O)CCC(F)(F)F)(C(=O)O)CC1. The number of alkyl halides is 3. The molecule has 1 saturated carbocycles. The monoisotopic (exact) mass is 281 g/mol. The first-order chi connectivity index (χ1) is 8.65. The second kappa shape index (κ2) is 5.79. The van der Waals surface area contributed by atoms with Gasteiger partial charge in [0.1, 0.15) is 5.54 Å². The van der Waals surface area contributed by atoms with Crippen LogP contribution in [0.2, 0.25) is 0 Å². The Morgan fingerprint density at radius 3 is 2.26 bits per heavy atom. The molecule has 0 heterocycles. The molecule has 1 aliphatic rings. The molecule has 19 heavy (non-hydrogen) atoms. The molecule has 0 atom stereocenters. The zero-order valence-corrected chi connectivity index (χ0v) is 10.7. The molecule has 0 aliphatic heterocycles. The third-order valence-corrected chi connectivity index (χ3v) is 3.55. The van der Waals surface area contributed by atoms with Crippen molar-refractivity contribution in [3.05, 3.63) is 0 Å². The molecule has 1 rings (SSSR count). The number of carboxylic acids is 1. The van der Waals surface area contributed by atoms with Crippen molar-refractivity contribution in [2.75, 3.05) is 0 Å². The van der Waals surface area contributed by atoms with Gasteiger partial charge in [0, 0.05) is 6.42 Å². The molecule has 0 spiro atoms. The maximum atomic E-state index is 12.0. The molecule has 7 heteroatoms. The minimum atomic E-state index is -4.41. The van der Waals surface area contributed by atoms with Crippen molar-refractivity contribution in [1.29, 1.82) is 0 Å². The molecule has 4 nitrogen and oxygen atoms in total. The van der Waals surface area contributed by atoms with Gasteiger partial charge in [-0.15, -0.1) is 0 Å². The van der Waals surface area contributed by atoms with Gasteiger partial charge in [0.15, 0.2) is 0 Å². The van der Waals surface area contributed by atoms with Crippen molar-refractivity contribution in [3.8, 4) is 0 Å². The first-order valence-corrected chi connectivity index (χ1v) is 6.26. The standard InChI is InChI=1S/C12H18F3NO3/c1-8-2-5-11(6-3-8,10(18)19)16-9(17)4-7-12(13,14)15/h8H,2-7H2,1H3,(H,16,17)(H,18,19). The topological polar surface area (TPSA) is 66.4 Å². The second-order valence-corrected chi connectivity index (χ2v) is 5.23. The predicted molar refractivity (Wildman–Crippen MR) is 61.4 cm³/mol. The van der Waals surface area contributed by atoms with Crippen molar-refractivity contribution in [2.24, 2.45) is 5.92 Å². The summed E-state index contributed by atoms with van der Waals surface area (Å²) in [4.78, 5) is 22.8. The number of nitrogens with one attached hydrogen (secondary N) is 1. The number of carboxylic acid groups (broad SMARTS) is 1. The number of amides is 1. The van der Waals surface area contributed by atoms with Crippen molar-refractivity contribution in [3.63, 3.8) is 0 Å². The van der Waals surface area contributed by atoms with Gasteiger partial charge in [0.25, 0.3) is 0 Å². The van der Waals surface area contributed by atoms with E-state index in [4.69, 9.17) is 0 Å². The van der Waals surface area contributed by atoms with Crippen molar-refractivity contribution in [1.82, 2.24) is 5.32 Å². The molecule has 1 fully saturated rings. The van der Waals surface area contributed by atoms with Crippen molar-refractivity contribution in [2.45, 2.75) is 57.2 Å². The molecule has 0 aromatic heterocycles. The maximum Gasteiger partial charge on any atom is 0.389 e. The van der Waals surface area contributed by atoms with E-state index in [9.17, 15) is 27.9 Å². The second-order valence-electron chi connectivity index (χ2n) is 5.23. The number of carbonyl (C=O) groups is 2. The normalized spacial score (nSPS) is 27.9. The van der Waals surface area contributed by atoms with E-state index in [2.05, 4.69) is 5.32 Å². The summed E-state index contributed by atoms with van der Waals surface area (Å²) in [5, 5.41) is 11.5. The number of hydrogen-bond donors (Lipinski definition) is 2. The van der Waals surface area contributed by atoms with Gasteiger partial charge < -0.3 is 10.4 Å².